The molecular weight excluding hydrogens is 284 g/mol. The maximum absolute atomic E-state index is 12.1. The van der Waals surface area contributed by atoms with Crippen molar-refractivity contribution in [1.82, 2.24) is 10.6 Å². The first-order chi connectivity index (χ1) is 10.4. The quantitative estimate of drug-likeness (QED) is 0.771. The summed E-state index contributed by atoms with van der Waals surface area (Å²) in [5.41, 5.74) is 0.468. The number of hydrogen-bond acceptors (Lipinski definition) is 4. The Hall–Kier alpha value is -2.37. The fraction of sp³-hybridized carbons (Fsp3) is 0.438. The molecule has 120 valence electrons. The number of esters is 1. The van der Waals surface area contributed by atoms with Crippen LogP contribution in [0.15, 0.2) is 30.3 Å². The highest BCUT2D eigenvalue weighted by Gasteiger charge is 2.27. The van der Waals surface area contributed by atoms with E-state index in [9.17, 15) is 14.4 Å². The zero-order valence-corrected chi connectivity index (χ0v) is 13.3. The molecule has 2 N–H and O–H groups in total. The van der Waals surface area contributed by atoms with E-state index in [4.69, 9.17) is 0 Å². The van der Waals surface area contributed by atoms with Crippen LogP contribution in [0.25, 0.3) is 0 Å². The molecule has 0 bridgehead atoms. The predicted octanol–water partition coefficient (Wildman–Crippen LogP) is 1.12. The summed E-state index contributed by atoms with van der Waals surface area (Å²) in [6.45, 7) is 5.16. The third-order valence-corrected chi connectivity index (χ3v) is 3.20. The molecule has 0 spiro atoms. The number of carbonyl (C=O) groups excluding carboxylic acids is 3. The van der Waals surface area contributed by atoms with Crippen molar-refractivity contribution in [3.8, 4) is 0 Å². The van der Waals surface area contributed by atoms with Crippen molar-refractivity contribution in [3.05, 3.63) is 35.9 Å². The van der Waals surface area contributed by atoms with Crippen molar-refractivity contribution < 1.29 is 19.1 Å². The Bertz CT molecular complexity index is 528. The van der Waals surface area contributed by atoms with Gasteiger partial charge in [0.25, 0.3) is 5.91 Å². The maximum Gasteiger partial charge on any atom is 0.328 e. The number of carbonyl (C=O) groups is 3. The molecule has 1 aromatic carbocycles. The third kappa shape index (κ3) is 4.87. The average molecular weight is 306 g/mol. The monoisotopic (exact) mass is 306 g/mol. The van der Waals surface area contributed by atoms with Crippen LogP contribution in [0.5, 0.6) is 0 Å². The van der Waals surface area contributed by atoms with E-state index >= 15 is 0 Å². The Kier molecular flexibility index (Phi) is 6.56. The molecule has 2 atom stereocenters. The Morgan fingerprint density at radius 2 is 1.59 bits per heavy atom. The molecule has 0 aromatic heterocycles. The van der Waals surface area contributed by atoms with Crippen LogP contribution < -0.4 is 10.6 Å². The average Bonchev–Trinajstić information content (AvgIpc) is 2.51. The van der Waals surface area contributed by atoms with E-state index in [1.165, 1.54) is 7.11 Å². The van der Waals surface area contributed by atoms with Gasteiger partial charge in [-0.15, -0.1) is 0 Å². The van der Waals surface area contributed by atoms with E-state index in [-0.39, 0.29) is 11.8 Å². The number of amides is 2. The second-order valence-electron chi connectivity index (χ2n) is 5.31. The van der Waals surface area contributed by atoms with Crippen molar-refractivity contribution in [2.75, 3.05) is 7.11 Å². The fourth-order valence-electron chi connectivity index (χ4n) is 1.84. The SMILES string of the molecule is COC(=O)[C@@H](NC(=O)[C@H](C)NC(=O)c1ccccc1)C(C)C. The number of hydrogen-bond donors (Lipinski definition) is 2. The van der Waals surface area contributed by atoms with Crippen LogP contribution >= 0.6 is 0 Å². The first-order valence-electron chi connectivity index (χ1n) is 7.11. The van der Waals surface area contributed by atoms with Gasteiger partial charge >= 0.3 is 5.97 Å². The number of rotatable bonds is 6. The molecule has 1 rings (SSSR count). The normalized spacial score (nSPS) is 13.1. The fourth-order valence-corrected chi connectivity index (χ4v) is 1.84. The van der Waals surface area contributed by atoms with Gasteiger partial charge in [0.1, 0.15) is 12.1 Å². The highest BCUT2D eigenvalue weighted by molar-refractivity contribution is 5.97. The summed E-state index contributed by atoms with van der Waals surface area (Å²) < 4.78 is 4.66. The lowest BCUT2D eigenvalue weighted by atomic mass is 10.0. The highest BCUT2D eigenvalue weighted by Crippen LogP contribution is 2.04. The summed E-state index contributed by atoms with van der Waals surface area (Å²) >= 11 is 0. The van der Waals surface area contributed by atoms with Crippen LogP contribution in [0.2, 0.25) is 0 Å². The van der Waals surface area contributed by atoms with Gasteiger partial charge in [-0.2, -0.15) is 0 Å². The number of benzene rings is 1. The molecule has 0 unspecified atom stereocenters. The molecule has 0 heterocycles. The summed E-state index contributed by atoms with van der Waals surface area (Å²) in [4.78, 5) is 35.7. The van der Waals surface area contributed by atoms with Crippen LogP contribution in [-0.4, -0.2) is 37.0 Å². The lowest BCUT2D eigenvalue weighted by Gasteiger charge is -2.22. The highest BCUT2D eigenvalue weighted by atomic mass is 16.5. The maximum atomic E-state index is 12.1. The molecular formula is C16H22N2O4. The van der Waals surface area contributed by atoms with Gasteiger partial charge in [0, 0.05) is 5.56 Å². The first-order valence-corrected chi connectivity index (χ1v) is 7.11. The molecule has 0 fully saturated rings. The van der Waals surface area contributed by atoms with Crippen molar-refractivity contribution in [2.45, 2.75) is 32.9 Å². The molecule has 0 radical (unpaired) electrons. The van der Waals surface area contributed by atoms with Gasteiger partial charge in [0.05, 0.1) is 7.11 Å². The summed E-state index contributed by atoms with van der Waals surface area (Å²) in [6, 6.07) is 7.09. The Morgan fingerprint density at radius 3 is 2.09 bits per heavy atom. The number of methoxy groups -OCH3 is 1. The molecule has 6 nitrogen and oxygen atoms in total. The van der Waals surface area contributed by atoms with E-state index < -0.39 is 24.0 Å². The lowest BCUT2D eigenvalue weighted by Crippen LogP contribution is -2.52. The summed E-state index contributed by atoms with van der Waals surface area (Å²) in [5, 5.41) is 5.19. The minimum Gasteiger partial charge on any atom is -0.467 e. The van der Waals surface area contributed by atoms with Gasteiger partial charge in [-0.3, -0.25) is 9.59 Å². The molecule has 0 saturated heterocycles. The van der Waals surface area contributed by atoms with Crippen molar-refractivity contribution in [2.24, 2.45) is 5.92 Å². The minimum atomic E-state index is -0.765. The van der Waals surface area contributed by atoms with E-state index in [0.717, 1.165) is 0 Å². The molecule has 0 aliphatic heterocycles. The summed E-state index contributed by atoms with van der Waals surface area (Å²) in [6.07, 6.45) is 0. The molecule has 0 aliphatic carbocycles. The molecule has 2 amide bonds. The zero-order chi connectivity index (χ0) is 16.7. The standard InChI is InChI=1S/C16H22N2O4/c1-10(2)13(16(21)22-4)18-14(19)11(3)17-15(20)12-8-6-5-7-9-12/h5-11,13H,1-4H3,(H,17,20)(H,18,19)/t11-,13-/m0/s1. The largest absolute Gasteiger partial charge is 0.467 e. The lowest BCUT2D eigenvalue weighted by molar-refractivity contribution is -0.146. The van der Waals surface area contributed by atoms with E-state index in [1.54, 1.807) is 51.1 Å². The summed E-state index contributed by atoms with van der Waals surface area (Å²) in [5.74, 6) is -1.41. The second kappa shape index (κ2) is 8.17. The number of nitrogens with one attached hydrogen (secondary N) is 2. The van der Waals surface area contributed by atoms with Gasteiger partial charge in [-0.1, -0.05) is 32.0 Å². The third-order valence-electron chi connectivity index (χ3n) is 3.20. The van der Waals surface area contributed by atoms with E-state index in [2.05, 4.69) is 15.4 Å². The van der Waals surface area contributed by atoms with Gasteiger partial charge in [-0.25, -0.2) is 4.79 Å². The Morgan fingerprint density at radius 1 is 1.00 bits per heavy atom. The summed E-state index contributed by atoms with van der Waals surface area (Å²) in [7, 11) is 1.27. The number of ether oxygens (including phenoxy) is 1. The van der Waals surface area contributed by atoms with E-state index in [1.807, 2.05) is 0 Å². The molecule has 0 saturated carbocycles. The van der Waals surface area contributed by atoms with Crippen LogP contribution in [0.3, 0.4) is 0 Å². The zero-order valence-electron chi connectivity index (χ0n) is 13.3. The topological polar surface area (TPSA) is 84.5 Å². The smallest absolute Gasteiger partial charge is 0.328 e. The molecule has 0 aliphatic rings. The molecule has 1 aromatic rings. The predicted molar refractivity (Wildman–Crippen MR) is 82.2 cm³/mol. The minimum absolute atomic E-state index is 0.117. The van der Waals surface area contributed by atoms with Crippen LogP contribution in [-0.2, 0) is 14.3 Å². The van der Waals surface area contributed by atoms with Gasteiger partial charge < -0.3 is 15.4 Å². The van der Waals surface area contributed by atoms with Crippen molar-refractivity contribution in [1.29, 1.82) is 0 Å². The van der Waals surface area contributed by atoms with E-state index in [0.29, 0.717) is 5.56 Å². The van der Waals surface area contributed by atoms with Crippen LogP contribution in [0.1, 0.15) is 31.1 Å². The van der Waals surface area contributed by atoms with Gasteiger partial charge in [-0.05, 0) is 25.0 Å². The van der Waals surface area contributed by atoms with Crippen molar-refractivity contribution in [3.63, 3.8) is 0 Å². The van der Waals surface area contributed by atoms with Gasteiger partial charge in [0.2, 0.25) is 5.91 Å². The van der Waals surface area contributed by atoms with Crippen molar-refractivity contribution >= 4 is 17.8 Å². The Labute approximate surface area is 130 Å². The van der Waals surface area contributed by atoms with Crippen LogP contribution in [0.4, 0.5) is 0 Å². The molecule has 22 heavy (non-hydrogen) atoms. The molecule has 6 heteroatoms. The Balaban J connectivity index is 2.65. The first kappa shape index (κ1) is 17.7. The van der Waals surface area contributed by atoms with Crippen LogP contribution in [0, 0.1) is 5.92 Å². The van der Waals surface area contributed by atoms with Gasteiger partial charge in [0.15, 0.2) is 0 Å². The second-order valence-corrected chi connectivity index (χ2v) is 5.31.